The van der Waals surface area contributed by atoms with Crippen molar-refractivity contribution in [3.63, 3.8) is 0 Å². The predicted octanol–water partition coefficient (Wildman–Crippen LogP) is 5.53. The Morgan fingerprint density at radius 3 is 2.76 bits per heavy atom. The molecule has 90 valence electrons. The third kappa shape index (κ3) is 2.90. The van der Waals surface area contributed by atoms with Crippen molar-refractivity contribution in [1.82, 2.24) is 0 Å². The van der Waals surface area contributed by atoms with Gasteiger partial charge in [-0.15, -0.1) is 11.3 Å². The first kappa shape index (κ1) is 13.1. The van der Waals surface area contributed by atoms with E-state index >= 15 is 0 Å². The lowest BCUT2D eigenvalue weighted by atomic mass is 10.1. The van der Waals surface area contributed by atoms with Gasteiger partial charge >= 0.3 is 0 Å². The summed E-state index contributed by atoms with van der Waals surface area (Å²) in [6.07, 6.45) is 0.562. The molecule has 0 aliphatic carbocycles. The topological polar surface area (TPSA) is 0 Å². The standard InChI is InChI=1S/C13H11BrClFS/c1-8-5-6-17-13(8)10(14)7-9-11(15)3-2-4-12(9)16/h2-6,10H,7H2,1H3. The molecule has 0 aliphatic heterocycles. The lowest BCUT2D eigenvalue weighted by molar-refractivity contribution is 0.608. The van der Waals surface area contributed by atoms with Gasteiger partial charge in [-0.05, 0) is 42.5 Å². The molecule has 2 rings (SSSR count). The average Bonchev–Trinajstić information content (AvgIpc) is 2.70. The molecule has 1 heterocycles. The van der Waals surface area contributed by atoms with Crippen molar-refractivity contribution in [2.45, 2.75) is 18.2 Å². The second-order valence-corrected chi connectivity index (χ2v) is 6.30. The molecule has 1 atom stereocenters. The molecule has 0 radical (unpaired) electrons. The second-order valence-electron chi connectivity index (χ2n) is 3.84. The van der Waals surface area contributed by atoms with Gasteiger partial charge in [0.15, 0.2) is 0 Å². The van der Waals surface area contributed by atoms with Crippen LogP contribution in [0.5, 0.6) is 0 Å². The summed E-state index contributed by atoms with van der Waals surface area (Å²) >= 11 is 11.3. The van der Waals surface area contributed by atoms with E-state index in [0.717, 1.165) is 0 Å². The van der Waals surface area contributed by atoms with Crippen LogP contribution in [0.1, 0.15) is 20.8 Å². The lowest BCUT2D eigenvalue weighted by Gasteiger charge is -2.11. The summed E-state index contributed by atoms with van der Waals surface area (Å²) in [7, 11) is 0. The largest absolute Gasteiger partial charge is 0.207 e. The minimum Gasteiger partial charge on any atom is -0.207 e. The van der Waals surface area contributed by atoms with Gasteiger partial charge in [-0.25, -0.2) is 4.39 Å². The number of hydrogen-bond donors (Lipinski definition) is 0. The highest BCUT2D eigenvalue weighted by atomic mass is 79.9. The SMILES string of the molecule is Cc1ccsc1C(Br)Cc1c(F)cccc1Cl. The Bertz CT molecular complexity index is 504. The molecule has 0 nitrogen and oxygen atoms in total. The van der Waals surface area contributed by atoms with Crippen LogP contribution in [0.2, 0.25) is 5.02 Å². The first-order valence-corrected chi connectivity index (χ1v) is 7.38. The molecular weight excluding hydrogens is 323 g/mol. The first-order valence-electron chi connectivity index (χ1n) is 5.20. The number of thiophene rings is 1. The van der Waals surface area contributed by atoms with Gasteiger partial charge < -0.3 is 0 Å². The summed E-state index contributed by atoms with van der Waals surface area (Å²) < 4.78 is 13.7. The van der Waals surface area contributed by atoms with E-state index in [9.17, 15) is 4.39 Å². The van der Waals surface area contributed by atoms with Gasteiger partial charge in [0.25, 0.3) is 0 Å². The van der Waals surface area contributed by atoms with Crippen LogP contribution in [-0.2, 0) is 6.42 Å². The fourth-order valence-corrected chi connectivity index (χ4v) is 3.86. The van der Waals surface area contributed by atoms with Gasteiger partial charge in [-0.3, -0.25) is 0 Å². The number of halogens is 3. The number of rotatable bonds is 3. The van der Waals surface area contributed by atoms with Gasteiger partial charge in [-0.2, -0.15) is 0 Å². The van der Waals surface area contributed by atoms with E-state index in [1.165, 1.54) is 16.5 Å². The van der Waals surface area contributed by atoms with Crippen molar-refractivity contribution >= 4 is 38.9 Å². The van der Waals surface area contributed by atoms with Crippen molar-refractivity contribution in [1.29, 1.82) is 0 Å². The Hall–Kier alpha value is -0.380. The van der Waals surface area contributed by atoms with Gasteiger partial charge in [0, 0.05) is 15.5 Å². The highest BCUT2D eigenvalue weighted by Crippen LogP contribution is 2.35. The zero-order valence-corrected chi connectivity index (χ0v) is 12.4. The van der Waals surface area contributed by atoms with Crippen molar-refractivity contribution < 1.29 is 4.39 Å². The Balaban J connectivity index is 2.25. The van der Waals surface area contributed by atoms with Crippen molar-refractivity contribution in [2.24, 2.45) is 0 Å². The summed E-state index contributed by atoms with van der Waals surface area (Å²) in [5, 5.41) is 2.53. The Kier molecular flexibility index (Phi) is 4.23. The zero-order chi connectivity index (χ0) is 12.4. The average molecular weight is 334 g/mol. The Labute approximate surface area is 118 Å². The molecule has 0 amide bonds. The number of alkyl halides is 1. The van der Waals surface area contributed by atoms with Crippen molar-refractivity contribution in [3.8, 4) is 0 Å². The van der Waals surface area contributed by atoms with E-state index in [1.807, 2.05) is 5.38 Å². The Morgan fingerprint density at radius 1 is 1.41 bits per heavy atom. The molecule has 0 bridgehead atoms. The molecule has 0 saturated carbocycles. The van der Waals surface area contributed by atoms with Gasteiger partial charge in [0.05, 0.1) is 4.83 Å². The minimum absolute atomic E-state index is 0.108. The summed E-state index contributed by atoms with van der Waals surface area (Å²) in [5.41, 5.74) is 1.80. The lowest BCUT2D eigenvalue weighted by Crippen LogP contribution is -1.98. The molecular formula is C13H11BrClFS. The summed E-state index contributed by atoms with van der Waals surface area (Å²) in [4.78, 5) is 1.33. The zero-order valence-electron chi connectivity index (χ0n) is 9.21. The molecule has 0 aliphatic rings. The van der Waals surface area contributed by atoms with Gasteiger partial charge in [0.2, 0.25) is 0 Å². The molecule has 17 heavy (non-hydrogen) atoms. The highest BCUT2D eigenvalue weighted by molar-refractivity contribution is 9.09. The first-order chi connectivity index (χ1) is 8.09. The fraction of sp³-hybridized carbons (Fsp3) is 0.231. The van der Waals surface area contributed by atoms with Crippen LogP contribution in [0.15, 0.2) is 29.6 Å². The van der Waals surface area contributed by atoms with E-state index in [4.69, 9.17) is 11.6 Å². The van der Waals surface area contributed by atoms with Crippen LogP contribution < -0.4 is 0 Å². The van der Waals surface area contributed by atoms with E-state index in [0.29, 0.717) is 17.0 Å². The molecule has 4 heteroatoms. The van der Waals surface area contributed by atoms with Crippen molar-refractivity contribution in [2.75, 3.05) is 0 Å². The highest BCUT2D eigenvalue weighted by Gasteiger charge is 2.16. The van der Waals surface area contributed by atoms with Gasteiger partial charge in [-0.1, -0.05) is 33.6 Å². The molecule has 1 aromatic carbocycles. The Morgan fingerprint density at radius 2 is 2.18 bits per heavy atom. The summed E-state index contributed by atoms with van der Waals surface area (Å²) in [6, 6.07) is 6.86. The van der Waals surface area contributed by atoms with Crippen molar-refractivity contribution in [3.05, 3.63) is 56.5 Å². The minimum atomic E-state index is -0.240. The number of benzene rings is 1. The van der Waals surface area contributed by atoms with E-state index in [1.54, 1.807) is 23.5 Å². The third-order valence-electron chi connectivity index (χ3n) is 2.63. The molecule has 0 spiro atoms. The molecule has 0 saturated heterocycles. The normalized spacial score (nSPS) is 12.7. The maximum Gasteiger partial charge on any atom is 0.127 e. The van der Waals surface area contributed by atoms with Crippen LogP contribution in [-0.4, -0.2) is 0 Å². The van der Waals surface area contributed by atoms with Crippen LogP contribution in [0, 0.1) is 12.7 Å². The second kappa shape index (κ2) is 5.51. The number of aryl methyl sites for hydroxylation is 1. The smallest absolute Gasteiger partial charge is 0.127 e. The van der Waals surface area contributed by atoms with Crippen LogP contribution in [0.25, 0.3) is 0 Å². The maximum absolute atomic E-state index is 13.7. The summed E-state index contributed by atoms with van der Waals surface area (Å²) in [6.45, 7) is 2.06. The molecule has 1 aromatic heterocycles. The fourth-order valence-electron chi connectivity index (χ4n) is 1.70. The predicted molar refractivity (Wildman–Crippen MR) is 75.8 cm³/mol. The third-order valence-corrected chi connectivity index (χ3v) is 5.20. The van der Waals surface area contributed by atoms with E-state index in [-0.39, 0.29) is 10.6 Å². The maximum atomic E-state index is 13.7. The van der Waals surface area contributed by atoms with Crippen LogP contribution in [0.4, 0.5) is 4.39 Å². The summed E-state index contributed by atoms with van der Waals surface area (Å²) in [5.74, 6) is -0.240. The van der Waals surface area contributed by atoms with E-state index in [2.05, 4.69) is 28.9 Å². The van der Waals surface area contributed by atoms with Gasteiger partial charge in [0.1, 0.15) is 5.82 Å². The van der Waals surface area contributed by atoms with E-state index < -0.39 is 0 Å². The number of hydrogen-bond acceptors (Lipinski definition) is 1. The monoisotopic (exact) mass is 332 g/mol. The van der Waals surface area contributed by atoms with Crippen LogP contribution >= 0.6 is 38.9 Å². The van der Waals surface area contributed by atoms with Crippen LogP contribution in [0.3, 0.4) is 0 Å². The molecule has 0 fully saturated rings. The molecule has 2 aromatic rings. The quantitative estimate of drug-likeness (QED) is 0.648. The molecule has 0 N–H and O–H groups in total. The molecule has 1 unspecified atom stereocenters.